The lowest BCUT2D eigenvalue weighted by molar-refractivity contribution is -0.125. The van der Waals surface area contributed by atoms with Gasteiger partial charge < -0.3 is 10.2 Å². The van der Waals surface area contributed by atoms with Crippen LogP contribution in [0.4, 0.5) is 10.6 Å². The lowest BCUT2D eigenvalue weighted by Gasteiger charge is -2.40. The maximum Gasteiger partial charge on any atom is 0.324 e. The van der Waals surface area contributed by atoms with E-state index in [1.807, 2.05) is 12.1 Å². The molecule has 1 atom stereocenters. The number of fused-ring (bicyclic) bond motifs is 1. The minimum atomic E-state index is -0.289. The molecule has 132 valence electrons. The van der Waals surface area contributed by atoms with E-state index in [-0.39, 0.29) is 24.5 Å². The Bertz CT molecular complexity index is 790. The quantitative estimate of drug-likeness (QED) is 0.724. The van der Waals surface area contributed by atoms with Crippen LogP contribution in [-0.2, 0) is 4.79 Å². The van der Waals surface area contributed by atoms with Crippen molar-refractivity contribution in [2.75, 3.05) is 44.2 Å². The summed E-state index contributed by atoms with van der Waals surface area (Å²) in [6.45, 7) is 5.93. The van der Waals surface area contributed by atoms with Crippen LogP contribution < -0.4 is 10.2 Å². The summed E-state index contributed by atoms with van der Waals surface area (Å²) in [4.78, 5) is 29.0. The average Bonchev–Trinajstić information content (AvgIpc) is 3.19. The van der Waals surface area contributed by atoms with E-state index in [1.165, 1.54) is 4.90 Å². The van der Waals surface area contributed by atoms with E-state index in [0.29, 0.717) is 13.1 Å². The Labute approximate surface area is 144 Å². The number of aromatic nitrogens is 4. The molecule has 2 aliphatic heterocycles. The Kier molecular flexibility index (Phi) is 3.96. The molecule has 2 aromatic rings. The van der Waals surface area contributed by atoms with Crippen molar-refractivity contribution in [3.8, 4) is 0 Å². The van der Waals surface area contributed by atoms with Gasteiger partial charge in [0, 0.05) is 38.8 Å². The molecule has 0 unspecified atom stereocenters. The summed E-state index contributed by atoms with van der Waals surface area (Å²) in [5.41, 5.74) is 0.726. The van der Waals surface area contributed by atoms with Gasteiger partial charge in [-0.3, -0.25) is 14.6 Å². The molecule has 1 N–H and O–H groups in total. The normalized spacial score (nSPS) is 22.0. The van der Waals surface area contributed by atoms with Crippen molar-refractivity contribution in [2.24, 2.45) is 0 Å². The van der Waals surface area contributed by atoms with E-state index in [1.54, 1.807) is 10.8 Å². The maximum atomic E-state index is 11.6. The molecule has 4 heterocycles. The van der Waals surface area contributed by atoms with Gasteiger partial charge in [0.15, 0.2) is 5.65 Å². The number of hydrogen-bond donors (Lipinski definition) is 1. The fraction of sp³-hybridized carbons (Fsp3) is 0.533. The number of nitrogens with zero attached hydrogens (tertiary/aromatic N) is 7. The largest absolute Gasteiger partial charge is 0.350 e. The highest BCUT2D eigenvalue weighted by Crippen LogP contribution is 2.18. The van der Waals surface area contributed by atoms with Gasteiger partial charge >= 0.3 is 6.03 Å². The van der Waals surface area contributed by atoms with Crippen molar-refractivity contribution in [2.45, 2.75) is 13.0 Å². The summed E-state index contributed by atoms with van der Waals surface area (Å²) in [6.07, 6.45) is 1.60. The Morgan fingerprint density at radius 2 is 2.12 bits per heavy atom. The first-order chi connectivity index (χ1) is 12.1. The Morgan fingerprint density at radius 1 is 1.24 bits per heavy atom. The van der Waals surface area contributed by atoms with Gasteiger partial charge in [-0.2, -0.15) is 4.52 Å². The molecule has 3 amide bonds. The van der Waals surface area contributed by atoms with Crippen molar-refractivity contribution in [1.29, 1.82) is 0 Å². The van der Waals surface area contributed by atoms with Gasteiger partial charge in [-0.15, -0.1) is 15.3 Å². The molecule has 2 aliphatic rings. The van der Waals surface area contributed by atoms with Crippen molar-refractivity contribution >= 4 is 23.4 Å². The number of carbonyl (C=O) groups excluding carboxylic acids is 2. The van der Waals surface area contributed by atoms with Gasteiger partial charge in [0.1, 0.15) is 12.1 Å². The third kappa shape index (κ3) is 3.00. The van der Waals surface area contributed by atoms with Crippen LogP contribution in [0.2, 0.25) is 0 Å². The number of rotatable bonds is 4. The van der Waals surface area contributed by atoms with Crippen LogP contribution >= 0.6 is 0 Å². The molecule has 25 heavy (non-hydrogen) atoms. The highest BCUT2D eigenvalue weighted by Gasteiger charge is 2.30. The topological polar surface area (TPSA) is 99.0 Å². The zero-order valence-electron chi connectivity index (χ0n) is 14.0. The summed E-state index contributed by atoms with van der Waals surface area (Å²) in [5, 5.41) is 14.9. The monoisotopic (exact) mass is 344 g/mol. The number of carbonyl (C=O) groups is 2. The Hall–Kier alpha value is -2.75. The van der Waals surface area contributed by atoms with E-state index in [9.17, 15) is 9.59 Å². The van der Waals surface area contributed by atoms with Crippen LogP contribution in [0.3, 0.4) is 0 Å². The molecule has 0 saturated carbocycles. The van der Waals surface area contributed by atoms with Gasteiger partial charge in [0.2, 0.25) is 5.91 Å². The minimum absolute atomic E-state index is 0.111. The number of anilines is 1. The van der Waals surface area contributed by atoms with Crippen LogP contribution in [-0.4, -0.2) is 86.9 Å². The fourth-order valence-corrected chi connectivity index (χ4v) is 3.37. The van der Waals surface area contributed by atoms with Crippen molar-refractivity contribution in [3.05, 3.63) is 18.5 Å². The van der Waals surface area contributed by atoms with Crippen LogP contribution in [0.15, 0.2) is 18.5 Å². The highest BCUT2D eigenvalue weighted by atomic mass is 16.2. The second-order valence-corrected chi connectivity index (χ2v) is 6.37. The second kappa shape index (κ2) is 6.28. The number of piperazine rings is 1. The van der Waals surface area contributed by atoms with Crippen molar-refractivity contribution in [1.82, 2.24) is 34.9 Å². The SMILES string of the molecule is C[C@@H]1CN(CCN2C(=O)CNC2=O)CCN1c1ccc2nncn2n1. The predicted octanol–water partition coefficient (Wildman–Crippen LogP) is -0.813. The van der Waals surface area contributed by atoms with Gasteiger partial charge in [-0.25, -0.2) is 4.79 Å². The number of nitrogens with one attached hydrogen (secondary N) is 1. The third-order valence-corrected chi connectivity index (χ3v) is 4.73. The van der Waals surface area contributed by atoms with Crippen LogP contribution in [0.5, 0.6) is 0 Å². The van der Waals surface area contributed by atoms with E-state index in [0.717, 1.165) is 31.1 Å². The molecule has 0 radical (unpaired) electrons. The molecule has 10 nitrogen and oxygen atoms in total. The molecular formula is C15H20N8O2. The van der Waals surface area contributed by atoms with Gasteiger partial charge in [0.05, 0.1) is 6.54 Å². The zero-order valence-corrected chi connectivity index (χ0v) is 14.0. The molecule has 2 fully saturated rings. The maximum absolute atomic E-state index is 11.6. The molecule has 0 aromatic carbocycles. The summed E-state index contributed by atoms with van der Waals surface area (Å²) in [7, 11) is 0. The first-order valence-electron chi connectivity index (χ1n) is 8.36. The zero-order chi connectivity index (χ0) is 17.4. The summed E-state index contributed by atoms with van der Waals surface area (Å²) >= 11 is 0. The molecule has 0 aliphatic carbocycles. The fourth-order valence-electron chi connectivity index (χ4n) is 3.37. The van der Waals surface area contributed by atoms with Crippen molar-refractivity contribution < 1.29 is 9.59 Å². The van der Waals surface area contributed by atoms with Gasteiger partial charge in [-0.05, 0) is 19.1 Å². The van der Waals surface area contributed by atoms with E-state index in [2.05, 4.69) is 37.3 Å². The number of hydrogen-bond acceptors (Lipinski definition) is 7. The standard InChI is InChI=1S/C15H20N8O2/c1-11-9-20(5-7-22-14(24)8-16-15(22)25)4-6-21(11)13-3-2-12-18-17-10-23(12)19-13/h2-3,10-11H,4-9H2,1H3,(H,16,25)/t11-/m1/s1. The molecule has 0 bridgehead atoms. The summed E-state index contributed by atoms with van der Waals surface area (Å²) < 4.78 is 1.67. The van der Waals surface area contributed by atoms with Gasteiger partial charge in [-0.1, -0.05) is 0 Å². The number of amides is 3. The minimum Gasteiger partial charge on any atom is -0.350 e. The first kappa shape index (κ1) is 15.8. The Morgan fingerprint density at radius 3 is 2.88 bits per heavy atom. The number of urea groups is 1. The first-order valence-corrected chi connectivity index (χ1v) is 8.36. The molecule has 10 heteroatoms. The lowest BCUT2D eigenvalue weighted by atomic mass is 10.2. The smallest absolute Gasteiger partial charge is 0.324 e. The lowest BCUT2D eigenvalue weighted by Crippen LogP contribution is -2.54. The number of imide groups is 1. The van der Waals surface area contributed by atoms with Crippen LogP contribution in [0, 0.1) is 0 Å². The average molecular weight is 344 g/mol. The highest BCUT2D eigenvalue weighted by molar-refractivity contribution is 6.01. The van der Waals surface area contributed by atoms with Crippen molar-refractivity contribution in [3.63, 3.8) is 0 Å². The predicted molar refractivity (Wildman–Crippen MR) is 89.1 cm³/mol. The van der Waals surface area contributed by atoms with Gasteiger partial charge in [0.25, 0.3) is 0 Å². The molecular weight excluding hydrogens is 324 g/mol. The molecule has 2 aromatic heterocycles. The van der Waals surface area contributed by atoms with E-state index in [4.69, 9.17) is 0 Å². The second-order valence-electron chi connectivity index (χ2n) is 6.37. The van der Waals surface area contributed by atoms with E-state index < -0.39 is 0 Å². The van der Waals surface area contributed by atoms with E-state index >= 15 is 0 Å². The third-order valence-electron chi connectivity index (χ3n) is 4.73. The Balaban J connectivity index is 1.37. The molecule has 2 saturated heterocycles. The molecule has 0 spiro atoms. The van der Waals surface area contributed by atoms with Crippen LogP contribution in [0.25, 0.3) is 5.65 Å². The molecule has 4 rings (SSSR count). The summed E-state index contributed by atoms with van der Waals surface area (Å²) in [6, 6.07) is 3.86. The summed E-state index contributed by atoms with van der Waals surface area (Å²) in [5.74, 6) is 0.747. The van der Waals surface area contributed by atoms with Crippen LogP contribution in [0.1, 0.15) is 6.92 Å².